The van der Waals surface area contributed by atoms with E-state index in [-0.39, 0.29) is 18.2 Å². The van der Waals surface area contributed by atoms with E-state index in [0.717, 1.165) is 36.5 Å². The molecule has 2 aromatic rings. The van der Waals surface area contributed by atoms with E-state index in [0.29, 0.717) is 5.92 Å². The number of carbonyl (C=O) groups is 2. The first-order chi connectivity index (χ1) is 11.6. The maximum atomic E-state index is 12.1. The summed E-state index contributed by atoms with van der Waals surface area (Å²) in [5.74, 6) is -0.175. The molecule has 1 aliphatic heterocycles. The third-order valence-corrected chi connectivity index (χ3v) is 4.96. The van der Waals surface area contributed by atoms with Gasteiger partial charge >= 0.3 is 5.97 Å². The van der Waals surface area contributed by atoms with E-state index < -0.39 is 5.97 Å². The maximum Gasteiger partial charge on any atom is 0.358 e. The lowest BCUT2D eigenvalue weighted by molar-refractivity contribution is -0.136. The summed E-state index contributed by atoms with van der Waals surface area (Å²) in [7, 11) is 0. The normalized spacial score (nSPS) is 17.5. The molecule has 1 unspecified atom stereocenters. The van der Waals surface area contributed by atoms with Crippen molar-refractivity contribution in [1.29, 1.82) is 0 Å². The van der Waals surface area contributed by atoms with Crippen LogP contribution in [0.4, 0.5) is 0 Å². The molecule has 0 aliphatic carbocycles. The molecule has 0 bridgehead atoms. The molecule has 1 amide bonds. The van der Waals surface area contributed by atoms with Gasteiger partial charge in [-0.3, -0.25) is 4.79 Å². The van der Waals surface area contributed by atoms with Crippen molar-refractivity contribution in [3.8, 4) is 10.6 Å². The summed E-state index contributed by atoms with van der Waals surface area (Å²) in [5, 5.41) is 2.43. The molecule has 6 heteroatoms. The van der Waals surface area contributed by atoms with Crippen LogP contribution in [-0.2, 0) is 9.53 Å². The molecular formula is C18H20N2O3S. The lowest BCUT2D eigenvalue weighted by atomic mass is 10.0. The number of nitrogens with zero attached hydrogens (tertiary/aromatic N) is 2. The van der Waals surface area contributed by atoms with Crippen LogP contribution in [0.1, 0.15) is 30.3 Å². The highest BCUT2D eigenvalue weighted by molar-refractivity contribution is 7.13. The number of likely N-dealkylation sites (tertiary alicyclic amines) is 1. The van der Waals surface area contributed by atoms with Gasteiger partial charge in [-0.05, 0) is 18.8 Å². The van der Waals surface area contributed by atoms with Crippen molar-refractivity contribution >= 4 is 23.2 Å². The summed E-state index contributed by atoms with van der Waals surface area (Å²) < 4.78 is 5.14. The van der Waals surface area contributed by atoms with Crippen molar-refractivity contribution in [2.45, 2.75) is 19.8 Å². The number of hydrogen-bond donors (Lipinski definition) is 0. The van der Waals surface area contributed by atoms with Crippen LogP contribution in [0.15, 0.2) is 35.7 Å². The number of aromatic nitrogens is 1. The molecule has 1 fully saturated rings. The van der Waals surface area contributed by atoms with Gasteiger partial charge in [0.05, 0.1) is 0 Å². The van der Waals surface area contributed by atoms with Crippen molar-refractivity contribution in [3.05, 3.63) is 41.4 Å². The van der Waals surface area contributed by atoms with Crippen LogP contribution in [0.3, 0.4) is 0 Å². The Morgan fingerprint density at radius 1 is 1.33 bits per heavy atom. The van der Waals surface area contributed by atoms with Crippen LogP contribution >= 0.6 is 11.3 Å². The summed E-state index contributed by atoms with van der Waals surface area (Å²) in [6.45, 7) is 3.40. The topological polar surface area (TPSA) is 59.5 Å². The van der Waals surface area contributed by atoms with E-state index >= 15 is 0 Å². The predicted molar refractivity (Wildman–Crippen MR) is 92.8 cm³/mol. The second-order valence-electron chi connectivity index (χ2n) is 6.07. The second kappa shape index (κ2) is 7.57. The summed E-state index contributed by atoms with van der Waals surface area (Å²) in [5.41, 5.74) is 1.21. The highest BCUT2D eigenvalue weighted by atomic mass is 32.1. The zero-order chi connectivity index (χ0) is 16.9. The summed E-state index contributed by atoms with van der Waals surface area (Å²) in [4.78, 5) is 30.3. The number of rotatable bonds is 4. The third-order valence-electron chi connectivity index (χ3n) is 4.07. The number of thiazole rings is 1. The Labute approximate surface area is 145 Å². The number of hydrogen-bond acceptors (Lipinski definition) is 5. The van der Waals surface area contributed by atoms with E-state index in [1.807, 2.05) is 30.3 Å². The second-order valence-corrected chi connectivity index (χ2v) is 6.93. The summed E-state index contributed by atoms with van der Waals surface area (Å²) >= 11 is 1.39. The SMILES string of the molecule is CC1CCCN(C(=O)COC(=O)c2csc(-c3ccccc3)n2)C1. The molecule has 1 aromatic heterocycles. The van der Waals surface area contributed by atoms with Crippen LogP contribution in [0.5, 0.6) is 0 Å². The molecule has 0 N–H and O–H groups in total. The van der Waals surface area contributed by atoms with Gasteiger partial charge in [0, 0.05) is 24.0 Å². The monoisotopic (exact) mass is 344 g/mol. The quantitative estimate of drug-likeness (QED) is 0.799. The first-order valence-corrected chi connectivity index (χ1v) is 8.97. The van der Waals surface area contributed by atoms with Gasteiger partial charge in [-0.15, -0.1) is 11.3 Å². The Morgan fingerprint density at radius 3 is 2.88 bits per heavy atom. The number of piperidine rings is 1. The lowest BCUT2D eigenvalue weighted by Crippen LogP contribution is -2.41. The zero-order valence-electron chi connectivity index (χ0n) is 13.6. The van der Waals surface area contributed by atoms with Gasteiger partial charge in [-0.1, -0.05) is 37.3 Å². The molecule has 1 saturated heterocycles. The van der Waals surface area contributed by atoms with Gasteiger partial charge in [0.2, 0.25) is 0 Å². The zero-order valence-corrected chi connectivity index (χ0v) is 14.4. The Bertz CT molecular complexity index is 714. The number of carbonyl (C=O) groups excluding carboxylic acids is 2. The summed E-state index contributed by atoms with van der Waals surface area (Å²) in [6.07, 6.45) is 2.15. The van der Waals surface area contributed by atoms with Crippen molar-refractivity contribution < 1.29 is 14.3 Å². The van der Waals surface area contributed by atoms with Crippen LogP contribution in [0.25, 0.3) is 10.6 Å². The number of ether oxygens (including phenoxy) is 1. The molecule has 3 rings (SSSR count). The standard InChI is InChI=1S/C18H20N2O3S/c1-13-6-5-9-20(10-13)16(21)11-23-18(22)15-12-24-17(19-15)14-7-3-2-4-8-14/h2-4,7-8,12-13H,5-6,9-11H2,1H3. The summed E-state index contributed by atoms with van der Waals surface area (Å²) in [6, 6.07) is 9.66. The Morgan fingerprint density at radius 2 is 2.12 bits per heavy atom. The fourth-order valence-electron chi connectivity index (χ4n) is 2.79. The minimum atomic E-state index is -0.549. The number of benzene rings is 1. The average molecular weight is 344 g/mol. The van der Waals surface area contributed by atoms with Gasteiger partial charge in [0.1, 0.15) is 5.01 Å². The molecule has 126 valence electrons. The number of esters is 1. The molecule has 0 radical (unpaired) electrons. The van der Waals surface area contributed by atoms with Gasteiger partial charge < -0.3 is 9.64 Å². The average Bonchev–Trinajstić information content (AvgIpc) is 3.10. The molecule has 2 heterocycles. The van der Waals surface area contributed by atoms with Crippen LogP contribution in [-0.4, -0.2) is 41.5 Å². The molecule has 24 heavy (non-hydrogen) atoms. The van der Waals surface area contributed by atoms with Gasteiger partial charge in [-0.2, -0.15) is 0 Å². The van der Waals surface area contributed by atoms with Crippen molar-refractivity contribution in [2.24, 2.45) is 5.92 Å². The molecule has 1 atom stereocenters. The van der Waals surface area contributed by atoms with Crippen molar-refractivity contribution in [2.75, 3.05) is 19.7 Å². The van der Waals surface area contributed by atoms with E-state index in [1.54, 1.807) is 10.3 Å². The van der Waals surface area contributed by atoms with E-state index in [9.17, 15) is 9.59 Å². The minimum absolute atomic E-state index is 0.131. The van der Waals surface area contributed by atoms with Crippen molar-refractivity contribution in [1.82, 2.24) is 9.88 Å². The van der Waals surface area contributed by atoms with Crippen LogP contribution < -0.4 is 0 Å². The smallest absolute Gasteiger partial charge is 0.358 e. The fourth-order valence-corrected chi connectivity index (χ4v) is 3.58. The van der Waals surface area contributed by atoms with Gasteiger partial charge in [0.25, 0.3) is 5.91 Å². The van der Waals surface area contributed by atoms with E-state index in [2.05, 4.69) is 11.9 Å². The molecule has 0 saturated carbocycles. The molecule has 5 nitrogen and oxygen atoms in total. The Balaban J connectivity index is 1.56. The highest BCUT2D eigenvalue weighted by Gasteiger charge is 2.22. The largest absolute Gasteiger partial charge is 0.451 e. The van der Waals surface area contributed by atoms with Crippen molar-refractivity contribution in [3.63, 3.8) is 0 Å². The Hall–Kier alpha value is -2.21. The van der Waals surface area contributed by atoms with E-state index in [1.165, 1.54) is 11.3 Å². The van der Waals surface area contributed by atoms with Gasteiger partial charge in [-0.25, -0.2) is 9.78 Å². The highest BCUT2D eigenvalue weighted by Crippen LogP contribution is 2.23. The Kier molecular flexibility index (Phi) is 5.25. The third kappa shape index (κ3) is 4.00. The lowest BCUT2D eigenvalue weighted by Gasteiger charge is -2.30. The maximum absolute atomic E-state index is 12.1. The fraction of sp³-hybridized carbons (Fsp3) is 0.389. The number of amides is 1. The molecular weight excluding hydrogens is 324 g/mol. The minimum Gasteiger partial charge on any atom is -0.451 e. The molecule has 0 spiro atoms. The van der Waals surface area contributed by atoms with Crippen LogP contribution in [0.2, 0.25) is 0 Å². The molecule has 1 aliphatic rings. The first kappa shape index (κ1) is 16.6. The first-order valence-electron chi connectivity index (χ1n) is 8.09. The predicted octanol–water partition coefficient (Wildman–Crippen LogP) is 3.23. The van der Waals surface area contributed by atoms with E-state index in [4.69, 9.17) is 4.74 Å². The van der Waals surface area contributed by atoms with Gasteiger partial charge in [0.15, 0.2) is 12.3 Å². The van der Waals surface area contributed by atoms with Crippen LogP contribution in [0, 0.1) is 5.92 Å². The molecule has 1 aromatic carbocycles.